The van der Waals surface area contributed by atoms with E-state index in [1.54, 1.807) is 39.8 Å². The lowest BCUT2D eigenvalue weighted by Gasteiger charge is -2.15. The number of carbonyl (C=O) groups excluding carboxylic acids is 1. The van der Waals surface area contributed by atoms with Crippen LogP contribution in [0.15, 0.2) is 71.5 Å². The Morgan fingerprint density at radius 1 is 1.03 bits per heavy atom. The van der Waals surface area contributed by atoms with Gasteiger partial charge in [0.15, 0.2) is 0 Å². The molecule has 0 bridgehead atoms. The highest BCUT2D eigenvalue weighted by Crippen LogP contribution is 2.37. The van der Waals surface area contributed by atoms with Gasteiger partial charge in [0.1, 0.15) is 5.82 Å². The van der Waals surface area contributed by atoms with Crippen molar-refractivity contribution < 1.29 is 4.79 Å². The summed E-state index contributed by atoms with van der Waals surface area (Å²) in [6.45, 7) is 2.67. The van der Waals surface area contributed by atoms with Crippen molar-refractivity contribution in [3.63, 3.8) is 0 Å². The third-order valence-electron chi connectivity index (χ3n) is 5.62. The van der Waals surface area contributed by atoms with Gasteiger partial charge in [0.25, 0.3) is 11.5 Å². The lowest BCUT2D eigenvalue weighted by molar-refractivity contribution is -0.113. The third-order valence-corrected chi connectivity index (χ3v) is 6.55. The maximum Gasteiger partial charge on any atom is 0.266 e. The van der Waals surface area contributed by atoms with Crippen LogP contribution in [-0.4, -0.2) is 22.0 Å². The van der Waals surface area contributed by atoms with Crippen LogP contribution in [0.1, 0.15) is 24.7 Å². The van der Waals surface area contributed by atoms with Crippen LogP contribution in [0.25, 0.3) is 28.2 Å². The Morgan fingerprint density at radius 2 is 1.79 bits per heavy atom. The predicted octanol–water partition coefficient (Wildman–Crippen LogP) is 5.94. The molecule has 0 aliphatic carbocycles. The number of amides is 1. The molecule has 0 spiro atoms. The van der Waals surface area contributed by atoms with Gasteiger partial charge in [-0.1, -0.05) is 36.7 Å². The highest BCUT2D eigenvalue weighted by Gasteiger charge is 2.32. The van der Waals surface area contributed by atoms with E-state index in [1.807, 2.05) is 49.4 Å². The van der Waals surface area contributed by atoms with Gasteiger partial charge in [-0.15, -0.1) is 0 Å². The van der Waals surface area contributed by atoms with Crippen molar-refractivity contribution >= 4 is 68.3 Å². The molecule has 4 aromatic rings. The fourth-order valence-corrected chi connectivity index (χ4v) is 4.75. The number of hydrogen-bond acceptors (Lipinski definition) is 3. The molecule has 1 aliphatic heterocycles. The van der Waals surface area contributed by atoms with Gasteiger partial charge in [0.05, 0.1) is 27.9 Å². The van der Waals surface area contributed by atoms with Gasteiger partial charge in [0.2, 0.25) is 0 Å². The van der Waals surface area contributed by atoms with Gasteiger partial charge in [-0.05, 0) is 83.6 Å². The molecular weight excluding hydrogens is 549 g/mol. The molecule has 0 radical (unpaired) electrons. The molecule has 3 aromatic carbocycles. The lowest BCUT2D eigenvalue weighted by Crippen LogP contribution is -2.27. The van der Waals surface area contributed by atoms with Crippen molar-refractivity contribution in [2.45, 2.75) is 13.3 Å². The number of aromatic nitrogens is 2. The lowest BCUT2D eigenvalue weighted by atomic mass is 10.1. The molecule has 164 valence electrons. The summed E-state index contributed by atoms with van der Waals surface area (Å²) in [4.78, 5) is 33.6. The number of hydrogen-bond donors (Lipinski definition) is 0. The maximum atomic E-state index is 13.6. The van der Waals surface area contributed by atoms with Crippen molar-refractivity contribution in [2.75, 3.05) is 11.4 Å². The van der Waals surface area contributed by atoms with Gasteiger partial charge in [0, 0.05) is 20.7 Å². The molecule has 0 N–H and O–H groups in total. The van der Waals surface area contributed by atoms with E-state index in [2.05, 4.69) is 22.6 Å². The largest absolute Gasteiger partial charge is 0.308 e. The average Bonchev–Trinajstić information content (AvgIpc) is 3.07. The number of halogens is 2. The van der Waals surface area contributed by atoms with Gasteiger partial charge < -0.3 is 4.90 Å². The molecule has 0 saturated carbocycles. The highest BCUT2D eigenvalue weighted by molar-refractivity contribution is 14.1. The van der Waals surface area contributed by atoms with Crippen LogP contribution in [-0.2, 0) is 4.79 Å². The van der Waals surface area contributed by atoms with Crippen molar-refractivity contribution in [3.8, 4) is 5.69 Å². The Morgan fingerprint density at radius 3 is 2.55 bits per heavy atom. The smallest absolute Gasteiger partial charge is 0.266 e. The zero-order valence-electron chi connectivity index (χ0n) is 17.8. The summed E-state index contributed by atoms with van der Waals surface area (Å²) >= 11 is 8.27. The molecule has 1 aromatic heterocycles. The second kappa shape index (κ2) is 8.76. The Hall–Kier alpha value is -2.97. The first-order chi connectivity index (χ1) is 16.0. The van der Waals surface area contributed by atoms with E-state index in [1.165, 1.54) is 0 Å². The van der Waals surface area contributed by atoms with E-state index in [9.17, 15) is 9.59 Å². The number of para-hydroxylation sites is 1. The topological polar surface area (TPSA) is 55.2 Å². The summed E-state index contributed by atoms with van der Waals surface area (Å²) in [6.07, 6.45) is 2.57. The van der Waals surface area contributed by atoms with E-state index in [4.69, 9.17) is 16.6 Å². The van der Waals surface area contributed by atoms with Crippen LogP contribution in [0, 0.1) is 3.57 Å². The summed E-state index contributed by atoms with van der Waals surface area (Å²) in [7, 11) is 0. The highest BCUT2D eigenvalue weighted by atomic mass is 127. The number of nitrogens with zero attached hydrogens (tertiary/aromatic N) is 3. The van der Waals surface area contributed by atoms with Crippen LogP contribution in [0.2, 0.25) is 5.02 Å². The van der Waals surface area contributed by atoms with Crippen LogP contribution < -0.4 is 10.5 Å². The second-order valence-electron chi connectivity index (χ2n) is 7.78. The maximum absolute atomic E-state index is 13.6. The summed E-state index contributed by atoms with van der Waals surface area (Å²) in [5.74, 6) is 0.310. The molecule has 1 amide bonds. The summed E-state index contributed by atoms with van der Waals surface area (Å²) in [5.41, 5.74) is 3.27. The summed E-state index contributed by atoms with van der Waals surface area (Å²) in [5, 5.41) is 1.09. The first-order valence-corrected chi connectivity index (χ1v) is 12.0. The van der Waals surface area contributed by atoms with Crippen molar-refractivity contribution in [2.24, 2.45) is 0 Å². The minimum Gasteiger partial charge on any atom is -0.308 e. The predicted molar refractivity (Wildman–Crippen MR) is 142 cm³/mol. The monoisotopic (exact) mass is 567 g/mol. The SMILES string of the molecule is CCCN1C(=O)/C(=C\c2nc3ccc(I)cc3c(=O)n2-c2ccc(Cl)cc2)c2ccccc21. The standard InChI is InChI=1S/C26H19ClIN3O2/c1-2-13-30-23-6-4-3-5-19(23)20(25(30)32)15-24-29-22-12-9-17(28)14-21(22)26(33)31(24)18-10-7-16(27)8-11-18/h3-12,14-15H,2,13H2,1H3/b20-15-. The third kappa shape index (κ3) is 3.87. The zero-order valence-corrected chi connectivity index (χ0v) is 20.7. The second-order valence-corrected chi connectivity index (χ2v) is 9.46. The summed E-state index contributed by atoms with van der Waals surface area (Å²) < 4.78 is 2.49. The van der Waals surface area contributed by atoms with Crippen LogP contribution in [0.5, 0.6) is 0 Å². The summed E-state index contributed by atoms with van der Waals surface area (Å²) in [6, 6.07) is 20.3. The Labute approximate surface area is 209 Å². The van der Waals surface area contributed by atoms with Crippen molar-refractivity contribution in [1.82, 2.24) is 9.55 Å². The van der Waals surface area contributed by atoms with Crippen LogP contribution in [0.3, 0.4) is 0 Å². The van der Waals surface area contributed by atoms with E-state index in [-0.39, 0.29) is 11.5 Å². The normalized spacial score (nSPS) is 14.3. The minimum absolute atomic E-state index is 0.0855. The van der Waals surface area contributed by atoms with Gasteiger partial charge >= 0.3 is 0 Å². The molecule has 0 unspecified atom stereocenters. The van der Waals surface area contributed by atoms with Gasteiger partial charge in [-0.2, -0.15) is 0 Å². The zero-order chi connectivity index (χ0) is 23.1. The van der Waals surface area contributed by atoms with Crippen LogP contribution >= 0.6 is 34.2 Å². The number of rotatable bonds is 4. The average molecular weight is 568 g/mol. The molecule has 0 fully saturated rings. The molecule has 33 heavy (non-hydrogen) atoms. The first kappa shape index (κ1) is 21.9. The quantitative estimate of drug-likeness (QED) is 0.227. The Balaban J connectivity index is 1.79. The molecule has 5 rings (SSSR count). The van der Waals surface area contributed by atoms with Crippen LogP contribution in [0.4, 0.5) is 5.69 Å². The molecule has 0 saturated heterocycles. The molecule has 1 aliphatic rings. The molecular formula is C26H19ClIN3O2. The number of carbonyl (C=O) groups is 1. The van der Waals surface area contributed by atoms with Crippen molar-refractivity contribution in [3.05, 3.63) is 97.1 Å². The molecule has 7 heteroatoms. The van der Waals surface area contributed by atoms with Gasteiger partial charge in [-0.25, -0.2) is 4.98 Å². The van der Waals surface area contributed by atoms with Gasteiger partial charge in [-0.3, -0.25) is 14.2 Å². The van der Waals surface area contributed by atoms with E-state index < -0.39 is 0 Å². The molecule has 5 nitrogen and oxygen atoms in total. The number of anilines is 1. The van der Waals surface area contributed by atoms with E-state index in [0.29, 0.717) is 39.6 Å². The number of benzene rings is 3. The molecule has 0 atom stereocenters. The molecule has 2 heterocycles. The van der Waals surface area contributed by atoms with E-state index >= 15 is 0 Å². The minimum atomic E-state index is -0.197. The van der Waals surface area contributed by atoms with Crippen molar-refractivity contribution in [1.29, 1.82) is 0 Å². The van der Waals surface area contributed by atoms with E-state index in [0.717, 1.165) is 21.2 Å². The first-order valence-electron chi connectivity index (χ1n) is 10.6. The fraction of sp³-hybridized carbons (Fsp3) is 0.115. The fourth-order valence-electron chi connectivity index (χ4n) is 4.13. The Kier molecular flexibility index (Phi) is 5.80. The number of fused-ring (bicyclic) bond motifs is 2. The Bertz CT molecular complexity index is 1490.